The molecule has 0 radical (unpaired) electrons. The number of carbonyl (C=O) groups excluding carboxylic acids is 1. The molecule has 2 aromatic rings. The van der Waals surface area contributed by atoms with E-state index in [1.807, 2.05) is 44.2 Å². The first kappa shape index (κ1) is 14.9. The number of amides is 1. The van der Waals surface area contributed by atoms with Crippen molar-refractivity contribution >= 4 is 17.3 Å². The number of nitrogens with two attached hydrogens (primary N) is 1. The van der Waals surface area contributed by atoms with Crippen LogP contribution in [0.25, 0.3) is 0 Å². The Morgan fingerprint density at radius 2 is 1.81 bits per heavy atom. The lowest BCUT2D eigenvalue weighted by Crippen LogP contribution is -2.30. The fraction of sp³-hybridized carbons (Fsp3) is 0.235. The lowest BCUT2D eigenvalue weighted by Gasteiger charge is -2.16. The lowest BCUT2D eigenvalue weighted by molar-refractivity contribution is -0.122. The van der Waals surface area contributed by atoms with E-state index in [1.54, 1.807) is 19.1 Å². The standard InChI is InChI=1S/C17H20N2O2/c1-11-4-7-15(8-5-11)21-13(3)17(20)19-16-9-6-14(18)10-12(16)2/h4-10,13H,18H2,1-3H3,(H,19,20). The lowest BCUT2D eigenvalue weighted by atomic mass is 10.1. The van der Waals surface area contributed by atoms with Gasteiger partial charge < -0.3 is 15.8 Å². The molecule has 4 nitrogen and oxygen atoms in total. The molecule has 21 heavy (non-hydrogen) atoms. The maximum Gasteiger partial charge on any atom is 0.265 e. The molecule has 0 bridgehead atoms. The molecule has 2 aromatic carbocycles. The second kappa shape index (κ2) is 6.31. The third kappa shape index (κ3) is 3.99. The molecule has 1 atom stereocenters. The van der Waals surface area contributed by atoms with Gasteiger partial charge in [-0.05, 0) is 56.7 Å². The van der Waals surface area contributed by atoms with E-state index in [-0.39, 0.29) is 5.91 Å². The molecule has 0 heterocycles. The zero-order chi connectivity index (χ0) is 15.4. The number of hydrogen-bond donors (Lipinski definition) is 2. The molecule has 3 N–H and O–H groups in total. The van der Waals surface area contributed by atoms with Gasteiger partial charge in [-0.2, -0.15) is 0 Å². The van der Waals surface area contributed by atoms with Gasteiger partial charge in [-0.1, -0.05) is 17.7 Å². The topological polar surface area (TPSA) is 64.3 Å². The predicted octanol–water partition coefficient (Wildman–Crippen LogP) is 3.29. The monoisotopic (exact) mass is 284 g/mol. The smallest absolute Gasteiger partial charge is 0.265 e. The SMILES string of the molecule is Cc1ccc(OC(C)C(=O)Nc2ccc(N)cc2C)cc1. The summed E-state index contributed by atoms with van der Waals surface area (Å²) in [7, 11) is 0. The number of nitrogen functional groups attached to an aromatic ring is 1. The quantitative estimate of drug-likeness (QED) is 0.847. The summed E-state index contributed by atoms with van der Waals surface area (Å²) in [5.41, 5.74) is 9.19. The van der Waals surface area contributed by atoms with Crippen molar-refractivity contribution in [3.05, 3.63) is 53.6 Å². The Hall–Kier alpha value is -2.49. The molecule has 110 valence electrons. The first-order valence-corrected chi connectivity index (χ1v) is 6.86. The van der Waals surface area contributed by atoms with E-state index in [4.69, 9.17) is 10.5 Å². The van der Waals surface area contributed by atoms with Crippen LogP contribution in [-0.4, -0.2) is 12.0 Å². The van der Waals surface area contributed by atoms with Gasteiger partial charge in [0.25, 0.3) is 5.91 Å². The van der Waals surface area contributed by atoms with Crippen LogP contribution < -0.4 is 15.8 Å². The highest BCUT2D eigenvalue weighted by Crippen LogP contribution is 2.19. The average Bonchev–Trinajstić information content (AvgIpc) is 2.44. The van der Waals surface area contributed by atoms with Crippen LogP contribution in [0, 0.1) is 13.8 Å². The number of carbonyl (C=O) groups is 1. The molecular weight excluding hydrogens is 264 g/mol. The van der Waals surface area contributed by atoms with Gasteiger partial charge in [0, 0.05) is 11.4 Å². The minimum Gasteiger partial charge on any atom is -0.481 e. The van der Waals surface area contributed by atoms with Crippen LogP contribution in [0.4, 0.5) is 11.4 Å². The zero-order valence-electron chi connectivity index (χ0n) is 12.5. The number of benzene rings is 2. The average molecular weight is 284 g/mol. The van der Waals surface area contributed by atoms with Crippen molar-refractivity contribution in [2.24, 2.45) is 0 Å². The molecular formula is C17H20N2O2. The Bertz CT molecular complexity index is 636. The highest BCUT2D eigenvalue weighted by molar-refractivity contribution is 5.94. The third-order valence-electron chi connectivity index (χ3n) is 3.21. The Morgan fingerprint density at radius 3 is 2.43 bits per heavy atom. The highest BCUT2D eigenvalue weighted by atomic mass is 16.5. The summed E-state index contributed by atoms with van der Waals surface area (Å²) in [4.78, 5) is 12.2. The second-order valence-corrected chi connectivity index (χ2v) is 5.14. The van der Waals surface area contributed by atoms with Gasteiger partial charge in [0.2, 0.25) is 0 Å². The van der Waals surface area contributed by atoms with Crippen molar-refractivity contribution in [3.8, 4) is 5.75 Å². The molecule has 0 aromatic heterocycles. The van der Waals surface area contributed by atoms with E-state index >= 15 is 0 Å². The van der Waals surface area contributed by atoms with Crippen molar-refractivity contribution in [1.29, 1.82) is 0 Å². The van der Waals surface area contributed by atoms with Crippen LogP contribution in [0.5, 0.6) is 5.75 Å². The van der Waals surface area contributed by atoms with Crippen LogP contribution in [0.3, 0.4) is 0 Å². The summed E-state index contributed by atoms with van der Waals surface area (Å²) in [5, 5.41) is 2.85. The summed E-state index contributed by atoms with van der Waals surface area (Å²) < 4.78 is 5.63. The van der Waals surface area contributed by atoms with E-state index in [0.29, 0.717) is 11.4 Å². The molecule has 0 saturated heterocycles. The molecule has 0 aliphatic heterocycles. The normalized spacial score (nSPS) is 11.8. The largest absolute Gasteiger partial charge is 0.481 e. The number of anilines is 2. The summed E-state index contributed by atoms with van der Waals surface area (Å²) in [6.45, 7) is 5.63. The second-order valence-electron chi connectivity index (χ2n) is 5.14. The fourth-order valence-corrected chi connectivity index (χ4v) is 1.94. The highest BCUT2D eigenvalue weighted by Gasteiger charge is 2.15. The van der Waals surface area contributed by atoms with E-state index in [9.17, 15) is 4.79 Å². The zero-order valence-corrected chi connectivity index (χ0v) is 12.5. The predicted molar refractivity (Wildman–Crippen MR) is 85.5 cm³/mol. The van der Waals surface area contributed by atoms with Gasteiger partial charge >= 0.3 is 0 Å². The van der Waals surface area contributed by atoms with E-state index in [1.165, 1.54) is 0 Å². The number of hydrogen-bond acceptors (Lipinski definition) is 3. The molecule has 0 spiro atoms. The molecule has 4 heteroatoms. The van der Waals surface area contributed by atoms with Gasteiger partial charge in [-0.3, -0.25) is 4.79 Å². The molecule has 0 aliphatic rings. The minimum absolute atomic E-state index is 0.191. The Kier molecular flexibility index (Phi) is 4.48. The molecule has 0 saturated carbocycles. The molecule has 1 amide bonds. The number of rotatable bonds is 4. The minimum atomic E-state index is -0.579. The maximum atomic E-state index is 12.2. The van der Waals surface area contributed by atoms with Crippen LogP contribution >= 0.6 is 0 Å². The van der Waals surface area contributed by atoms with Crippen molar-refractivity contribution in [3.63, 3.8) is 0 Å². The molecule has 2 rings (SSSR count). The fourth-order valence-electron chi connectivity index (χ4n) is 1.94. The van der Waals surface area contributed by atoms with Crippen LogP contribution in [0.2, 0.25) is 0 Å². The van der Waals surface area contributed by atoms with Gasteiger partial charge in [-0.25, -0.2) is 0 Å². The van der Waals surface area contributed by atoms with Crippen molar-refractivity contribution in [2.45, 2.75) is 26.9 Å². The van der Waals surface area contributed by atoms with Gasteiger partial charge in [0.15, 0.2) is 6.10 Å². The van der Waals surface area contributed by atoms with Crippen LogP contribution in [0.1, 0.15) is 18.1 Å². The number of nitrogens with one attached hydrogen (secondary N) is 1. The molecule has 1 unspecified atom stereocenters. The first-order chi connectivity index (χ1) is 9.95. The van der Waals surface area contributed by atoms with Crippen molar-refractivity contribution in [2.75, 3.05) is 11.1 Å². The van der Waals surface area contributed by atoms with Crippen LogP contribution in [-0.2, 0) is 4.79 Å². The van der Waals surface area contributed by atoms with Crippen molar-refractivity contribution < 1.29 is 9.53 Å². The third-order valence-corrected chi connectivity index (χ3v) is 3.21. The van der Waals surface area contributed by atoms with E-state index in [2.05, 4.69) is 5.32 Å². The van der Waals surface area contributed by atoms with Gasteiger partial charge in [0.1, 0.15) is 5.75 Å². The summed E-state index contributed by atoms with van der Waals surface area (Å²) in [6, 6.07) is 13.0. The first-order valence-electron chi connectivity index (χ1n) is 6.86. The maximum absolute atomic E-state index is 12.2. The Morgan fingerprint density at radius 1 is 1.14 bits per heavy atom. The van der Waals surface area contributed by atoms with Crippen LogP contribution in [0.15, 0.2) is 42.5 Å². The number of ether oxygens (including phenoxy) is 1. The molecule has 0 fully saturated rings. The summed E-state index contributed by atoms with van der Waals surface area (Å²) in [6.07, 6.45) is -0.579. The van der Waals surface area contributed by atoms with Gasteiger partial charge in [0.05, 0.1) is 0 Å². The van der Waals surface area contributed by atoms with Gasteiger partial charge in [-0.15, -0.1) is 0 Å². The Labute approximate surface area is 124 Å². The summed E-state index contributed by atoms with van der Waals surface area (Å²) >= 11 is 0. The van der Waals surface area contributed by atoms with E-state index < -0.39 is 6.10 Å². The Balaban J connectivity index is 2.00. The molecule has 0 aliphatic carbocycles. The summed E-state index contributed by atoms with van der Waals surface area (Å²) in [5.74, 6) is 0.487. The number of aryl methyl sites for hydroxylation is 2. The van der Waals surface area contributed by atoms with Crippen molar-refractivity contribution in [1.82, 2.24) is 0 Å². The van der Waals surface area contributed by atoms with E-state index in [0.717, 1.165) is 16.8 Å².